The van der Waals surface area contributed by atoms with Crippen LogP contribution in [0, 0.1) is 0 Å². The summed E-state index contributed by atoms with van der Waals surface area (Å²) in [5.74, 6) is 4.61. The van der Waals surface area contributed by atoms with E-state index in [1.165, 1.54) is 11.8 Å². The molecule has 1 aliphatic heterocycles. The summed E-state index contributed by atoms with van der Waals surface area (Å²) < 4.78 is 0. The minimum absolute atomic E-state index is 0.0837. The number of hydrogen-bond acceptors (Lipinski definition) is 5. The van der Waals surface area contributed by atoms with Crippen LogP contribution in [0.2, 0.25) is 0 Å². The lowest BCUT2D eigenvalue weighted by atomic mass is 10.2. The van der Waals surface area contributed by atoms with Gasteiger partial charge in [0.1, 0.15) is 11.0 Å². The maximum Gasteiger partial charge on any atom is 0.337 e. The SMILES string of the molecule is NOC(=O)C1CC(=O)CS1. The first-order chi connectivity index (χ1) is 4.74. The van der Waals surface area contributed by atoms with Crippen molar-refractivity contribution in [3.8, 4) is 0 Å². The van der Waals surface area contributed by atoms with Crippen LogP contribution < -0.4 is 5.90 Å². The molecule has 0 radical (unpaired) electrons. The molecule has 1 fully saturated rings. The van der Waals surface area contributed by atoms with Gasteiger partial charge in [0.05, 0.1) is 5.75 Å². The number of thioether (sulfide) groups is 1. The van der Waals surface area contributed by atoms with Gasteiger partial charge in [-0.2, -0.15) is 5.90 Å². The van der Waals surface area contributed by atoms with E-state index >= 15 is 0 Å². The lowest BCUT2D eigenvalue weighted by Crippen LogP contribution is -2.21. The van der Waals surface area contributed by atoms with E-state index in [4.69, 9.17) is 0 Å². The maximum atomic E-state index is 10.6. The minimum atomic E-state index is -0.504. The number of carbonyl (C=O) groups excluding carboxylic acids is 2. The first-order valence-corrected chi connectivity index (χ1v) is 3.83. The van der Waals surface area contributed by atoms with Crippen LogP contribution in [0.1, 0.15) is 6.42 Å². The molecule has 10 heavy (non-hydrogen) atoms. The summed E-state index contributed by atoms with van der Waals surface area (Å²) in [7, 11) is 0. The van der Waals surface area contributed by atoms with E-state index in [-0.39, 0.29) is 17.5 Å². The second kappa shape index (κ2) is 3.03. The minimum Gasteiger partial charge on any atom is -0.372 e. The van der Waals surface area contributed by atoms with Gasteiger partial charge in [0.2, 0.25) is 0 Å². The molecule has 1 saturated heterocycles. The number of nitrogens with two attached hydrogens (primary N) is 1. The Balaban J connectivity index is 2.44. The Kier molecular flexibility index (Phi) is 2.29. The number of ketones is 1. The van der Waals surface area contributed by atoms with Gasteiger partial charge in [0.25, 0.3) is 0 Å². The van der Waals surface area contributed by atoms with Crippen molar-refractivity contribution >= 4 is 23.5 Å². The van der Waals surface area contributed by atoms with Gasteiger partial charge in [-0.05, 0) is 0 Å². The first-order valence-electron chi connectivity index (χ1n) is 2.78. The molecule has 1 heterocycles. The number of Topliss-reactive ketones (excluding diaryl/α,β-unsaturated/α-hetero) is 1. The van der Waals surface area contributed by atoms with Crippen molar-refractivity contribution in [3.63, 3.8) is 0 Å². The van der Waals surface area contributed by atoms with Crippen molar-refractivity contribution in [2.45, 2.75) is 11.7 Å². The summed E-state index contributed by atoms with van der Waals surface area (Å²) in [4.78, 5) is 25.2. The molecule has 1 atom stereocenters. The van der Waals surface area contributed by atoms with Crippen LogP contribution in [0.4, 0.5) is 0 Å². The van der Waals surface area contributed by atoms with E-state index in [1.807, 2.05) is 0 Å². The fourth-order valence-corrected chi connectivity index (χ4v) is 1.75. The van der Waals surface area contributed by atoms with Crippen LogP contribution in [0.25, 0.3) is 0 Å². The highest BCUT2D eigenvalue weighted by molar-refractivity contribution is 8.01. The third-order valence-corrected chi connectivity index (χ3v) is 2.49. The van der Waals surface area contributed by atoms with Gasteiger partial charge in [-0.25, -0.2) is 4.79 Å². The Morgan fingerprint density at radius 2 is 2.50 bits per heavy atom. The average molecular weight is 161 g/mol. The maximum absolute atomic E-state index is 10.6. The molecule has 0 aromatic rings. The van der Waals surface area contributed by atoms with Crippen LogP contribution in [-0.2, 0) is 14.4 Å². The highest BCUT2D eigenvalue weighted by Crippen LogP contribution is 2.23. The van der Waals surface area contributed by atoms with Gasteiger partial charge in [0, 0.05) is 6.42 Å². The van der Waals surface area contributed by atoms with E-state index in [0.29, 0.717) is 5.75 Å². The third-order valence-electron chi connectivity index (χ3n) is 1.24. The fraction of sp³-hybridized carbons (Fsp3) is 0.600. The molecule has 56 valence electrons. The van der Waals surface area contributed by atoms with Crippen LogP contribution in [0.15, 0.2) is 0 Å². The monoisotopic (exact) mass is 161 g/mol. The molecule has 0 bridgehead atoms. The molecular formula is C5H7NO3S. The third kappa shape index (κ3) is 1.48. The number of rotatable bonds is 1. The van der Waals surface area contributed by atoms with E-state index in [9.17, 15) is 9.59 Å². The van der Waals surface area contributed by atoms with Crippen LogP contribution in [0.3, 0.4) is 0 Å². The van der Waals surface area contributed by atoms with E-state index in [1.54, 1.807) is 0 Å². The molecule has 1 unspecified atom stereocenters. The zero-order chi connectivity index (χ0) is 7.56. The van der Waals surface area contributed by atoms with Crippen LogP contribution >= 0.6 is 11.8 Å². The van der Waals surface area contributed by atoms with Crippen molar-refractivity contribution in [2.24, 2.45) is 5.90 Å². The lowest BCUT2D eigenvalue weighted by Gasteiger charge is -2.01. The molecule has 1 rings (SSSR count). The molecule has 4 nitrogen and oxygen atoms in total. The zero-order valence-electron chi connectivity index (χ0n) is 5.20. The normalized spacial score (nSPS) is 24.9. The summed E-state index contributed by atoms with van der Waals surface area (Å²) >= 11 is 1.28. The molecule has 0 aromatic heterocycles. The summed E-state index contributed by atoms with van der Waals surface area (Å²) in [6.07, 6.45) is 0.265. The van der Waals surface area contributed by atoms with Gasteiger partial charge < -0.3 is 4.84 Å². The van der Waals surface area contributed by atoms with E-state index in [0.717, 1.165) is 0 Å². The van der Waals surface area contributed by atoms with Crippen LogP contribution in [-0.4, -0.2) is 22.8 Å². The Bertz CT molecular complexity index is 170. The summed E-state index contributed by atoms with van der Waals surface area (Å²) in [6.45, 7) is 0. The Morgan fingerprint density at radius 3 is 2.90 bits per heavy atom. The highest BCUT2D eigenvalue weighted by Gasteiger charge is 2.29. The second-order valence-corrected chi connectivity index (χ2v) is 3.17. The topological polar surface area (TPSA) is 69.4 Å². The van der Waals surface area contributed by atoms with Gasteiger partial charge in [-0.15, -0.1) is 11.8 Å². The van der Waals surface area contributed by atoms with Crippen molar-refractivity contribution < 1.29 is 14.4 Å². The van der Waals surface area contributed by atoms with Gasteiger partial charge in [-0.3, -0.25) is 4.79 Å². The first kappa shape index (κ1) is 7.56. The largest absolute Gasteiger partial charge is 0.372 e. The predicted molar refractivity (Wildman–Crippen MR) is 36.1 cm³/mol. The lowest BCUT2D eigenvalue weighted by molar-refractivity contribution is -0.144. The molecule has 5 heteroatoms. The van der Waals surface area contributed by atoms with Crippen molar-refractivity contribution in [1.82, 2.24) is 0 Å². The van der Waals surface area contributed by atoms with Crippen molar-refractivity contribution in [1.29, 1.82) is 0 Å². The van der Waals surface area contributed by atoms with Crippen molar-refractivity contribution in [2.75, 3.05) is 5.75 Å². The van der Waals surface area contributed by atoms with Gasteiger partial charge >= 0.3 is 5.97 Å². The molecule has 0 spiro atoms. The quantitative estimate of drug-likeness (QED) is 0.524. The number of carbonyl (C=O) groups is 2. The Hall–Kier alpha value is -0.550. The molecule has 2 N–H and O–H groups in total. The molecule has 0 aliphatic carbocycles. The molecule has 1 aliphatic rings. The molecule has 0 saturated carbocycles. The van der Waals surface area contributed by atoms with Crippen LogP contribution in [0.5, 0.6) is 0 Å². The average Bonchev–Trinajstić information content (AvgIpc) is 2.34. The van der Waals surface area contributed by atoms with Gasteiger partial charge in [-0.1, -0.05) is 0 Å². The Morgan fingerprint density at radius 1 is 1.80 bits per heavy atom. The zero-order valence-corrected chi connectivity index (χ0v) is 6.02. The smallest absolute Gasteiger partial charge is 0.337 e. The number of hydrogen-bond donors (Lipinski definition) is 1. The standard InChI is InChI=1S/C5H7NO3S/c6-9-5(8)4-1-3(7)2-10-4/h4H,1-2,6H2. The molecule has 0 aromatic carbocycles. The van der Waals surface area contributed by atoms with Crippen molar-refractivity contribution in [3.05, 3.63) is 0 Å². The summed E-state index contributed by atoms with van der Waals surface area (Å²) in [6, 6.07) is 0. The molecule has 0 amide bonds. The fourth-order valence-electron chi connectivity index (χ4n) is 0.745. The summed E-state index contributed by atoms with van der Waals surface area (Å²) in [5.41, 5.74) is 0. The second-order valence-electron chi connectivity index (χ2n) is 1.98. The summed E-state index contributed by atoms with van der Waals surface area (Å²) in [5, 5.41) is -0.363. The van der Waals surface area contributed by atoms with Gasteiger partial charge in [0.15, 0.2) is 0 Å². The van der Waals surface area contributed by atoms with E-state index in [2.05, 4.69) is 10.7 Å². The Labute approximate surface area is 62.0 Å². The highest BCUT2D eigenvalue weighted by atomic mass is 32.2. The predicted octanol–water partition coefficient (Wildman–Crippen LogP) is -0.522. The van der Waals surface area contributed by atoms with E-state index < -0.39 is 5.97 Å². The molecular weight excluding hydrogens is 154 g/mol.